The van der Waals surface area contributed by atoms with Gasteiger partial charge in [0.2, 0.25) is 5.91 Å². The number of carbonyl (C=O) groups is 2. The van der Waals surface area contributed by atoms with Crippen molar-refractivity contribution in [2.45, 2.75) is 90.1 Å². The van der Waals surface area contributed by atoms with Crippen LogP contribution in [0.2, 0.25) is 0 Å². The zero-order valence-corrected chi connectivity index (χ0v) is 28.8. The molecule has 1 heterocycles. The van der Waals surface area contributed by atoms with Crippen LogP contribution < -0.4 is 25.3 Å². The number of nitrogens with one attached hydrogen (secondary N) is 1. The number of benzene rings is 2. The molecule has 2 aromatic carbocycles. The van der Waals surface area contributed by atoms with Crippen LogP contribution in [0.4, 0.5) is 13.2 Å². The summed E-state index contributed by atoms with van der Waals surface area (Å²) in [6.07, 6.45) is 1.35. The highest BCUT2D eigenvalue weighted by Gasteiger charge is 2.68. The first kappa shape index (κ1) is 35.8. The van der Waals surface area contributed by atoms with Gasteiger partial charge in [-0.2, -0.15) is 0 Å². The number of hydrogen-bond acceptors (Lipinski definition) is 9. The highest BCUT2D eigenvalue weighted by molar-refractivity contribution is 6.48. The minimum absolute atomic E-state index is 0.0234. The van der Waals surface area contributed by atoms with Crippen LogP contribution in [0.5, 0.6) is 17.2 Å². The molecule has 14 heteroatoms. The van der Waals surface area contributed by atoms with E-state index in [0.29, 0.717) is 11.5 Å². The summed E-state index contributed by atoms with van der Waals surface area (Å²) in [5.41, 5.74) is 3.79. The van der Waals surface area contributed by atoms with Crippen LogP contribution in [-0.2, 0) is 25.3 Å². The monoisotopic (exact) mass is 676 g/mol. The first-order chi connectivity index (χ1) is 22.4. The lowest BCUT2D eigenvalue weighted by Gasteiger charge is -2.64. The van der Waals surface area contributed by atoms with Crippen molar-refractivity contribution in [1.82, 2.24) is 5.32 Å². The quantitative estimate of drug-likeness (QED) is 0.262. The maximum absolute atomic E-state index is 15.5. The van der Waals surface area contributed by atoms with Gasteiger partial charge in [0.05, 0.1) is 44.5 Å². The van der Waals surface area contributed by atoms with Crippen molar-refractivity contribution in [3.63, 3.8) is 0 Å². The summed E-state index contributed by atoms with van der Waals surface area (Å²) in [5, 5.41) is 2.77. The summed E-state index contributed by atoms with van der Waals surface area (Å²) in [7, 11) is 2.64. The van der Waals surface area contributed by atoms with Gasteiger partial charge in [0.15, 0.2) is 17.3 Å². The number of esters is 1. The second kappa shape index (κ2) is 12.8. The third-order valence-corrected chi connectivity index (χ3v) is 10.3. The summed E-state index contributed by atoms with van der Waals surface area (Å²) in [4.78, 5) is 26.8. The van der Waals surface area contributed by atoms with E-state index in [4.69, 9.17) is 34.0 Å². The number of methoxy groups -OCH3 is 3. The second-order valence-electron chi connectivity index (χ2n) is 14.6. The molecule has 6 atom stereocenters. The lowest BCUT2D eigenvalue weighted by molar-refractivity contribution is -0.199. The SMILES string of the molecule is COc1cc(F)c(C(N)C(=O)NC(Cc2ccc(F)c(C(=O)OC(C)(C)C)c2OC)B2O[C@@H]3C[C@@H]4C[C@@H](C4(C)C)[C@]3(C)O2)c(F)c1OC. The molecular formula is C34H44BF3N2O8. The molecule has 2 aromatic rings. The van der Waals surface area contributed by atoms with E-state index in [0.717, 1.165) is 25.0 Å². The molecule has 262 valence electrons. The minimum Gasteiger partial charge on any atom is -0.495 e. The average Bonchev–Trinajstić information content (AvgIpc) is 3.37. The van der Waals surface area contributed by atoms with Gasteiger partial charge in [0.25, 0.3) is 0 Å². The predicted molar refractivity (Wildman–Crippen MR) is 170 cm³/mol. The van der Waals surface area contributed by atoms with Gasteiger partial charge in [-0.3, -0.25) is 4.79 Å². The minimum atomic E-state index is -1.83. The number of halogens is 3. The number of rotatable bonds is 10. The van der Waals surface area contributed by atoms with Gasteiger partial charge in [-0.1, -0.05) is 19.9 Å². The van der Waals surface area contributed by atoms with Gasteiger partial charge in [-0.15, -0.1) is 0 Å². The summed E-state index contributed by atoms with van der Waals surface area (Å²) in [6.45, 7) is 11.4. The third kappa shape index (κ3) is 6.11. The van der Waals surface area contributed by atoms with Gasteiger partial charge in [-0.05, 0) is 75.8 Å². The molecule has 0 radical (unpaired) electrons. The Morgan fingerprint density at radius 3 is 2.29 bits per heavy atom. The zero-order valence-electron chi connectivity index (χ0n) is 28.8. The van der Waals surface area contributed by atoms with Gasteiger partial charge in [0.1, 0.15) is 34.6 Å². The molecule has 2 unspecified atom stereocenters. The summed E-state index contributed by atoms with van der Waals surface area (Å²) < 4.78 is 79.9. The molecule has 0 aromatic heterocycles. The molecule has 2 bridgehead atoms. The fourth-order valence-corrected chi connectivity index (χ4v) is 7.66. The highest BCUT2D eigenvalue weighted by atomic mass is 19.1. The van der Waals surface area contributed by atoms with Crippen LogP contribution in [0.3, 0.4) is 0 Å². The second-order valence-corrected chi connectivity index (χ2v) is 14.6. The molecule has 6 rings (SSSR count). The number of amides is 1. The number of nitrogens with two attached hydrogens (primary N) is 1. The topological polar surface area (TPSA) is 128 Å². The van der Waals surface area contributed by atoms with Crippen LogP contribution in [0, 0.1) is 34.7 Å². The molecular weight excluding hydrogens is 632 g/mol. The largest absolute Gasteiger partial charge is 0.495 e. The van der Waals surface area contributed by atoms with E-state index < -0.39 is 76.5 Å². The molecule has 1 aliphatic heterocycles. The fourth-order valence-electron chi connectivity index (χ4n) is 7.66. The first-order valence-electron chi connectivity index (χ1n) is 16.0. The molecule has 3 aliphatic carbocycles. The van der Waals surface area contributed by atoms with Gasteiger partial charge < -0.3 is 39.3 Å². The molecule has 4 aliphatic rings. The molecule has 4 fully saturated rings. The Morgan fingerprint density at radius 2 is 1.71 bits per heavy atom. The number of hydrogen-bond donors (Lipinski definition) is 2. The van der Waals surface area contributed by atoms with E-state index in [-0.39, 0.29) is 35.4 Å². The van der Waals surface area contributed by atoms with Crippen molar-refractivity contribution in [1.29, 1.82) is 0 Å². The molecule has 1 saturated heterocycles. The summed E-state index contributed by atoms with van der Waals surface area (Å²) >= 11 is 0. The Bertz CT molecular complexity index is 1600. The van der Waals surface area contributed by atoms with E-state index in [9.17, 15) is 9.59 Å². The lowest BCUT2D eigenvalue weighted by Crippen LogP contribution is -2.65. The molecule has 1 amide bonds. The third-order valence-electron chi connectivity index (χ3n) is 10.3. The average molecular weight is 677 g/mol. The van der Waals surface area contributed by atoms with Crippen LogP contribution in [0.1, 0.15) is 81.9 Å². The van der Waals surface area contributed by atoms with Crippen LogP contribution >= 0.6 is 0 Å². The highest BCUT2D eigenvalue weighted by Crippen LogP contribution is 2.65. The normalized spacial score (nSPS) is 25.4. The smallest absolute Gasteiger partial charge is 0.482 e. The van der Waals surface area contributed by atoms with Crippen molar-refractivity contribution in [2.24, 2.45) is 23.0 Å². The van der Waals surface area contributed by atoms with Crippen LogP contribution in [0.15, 0.2) is 18.2 Å². The van der Waals surface area contributed by atoms with Crippen molar-refractivity contribution < 1.29 is 51.0 Å². The van der Waals surface area contributed by atoms with Crippen LogP contribution in [-0.4, -0.2) is 63.6 Å². The Balaban J connectivity index is 1.51. The molecule has 3 N–H and O–H groups in total. The van der Waals surface area contributed by atoms with E-state index in [2.05, 4.69) is 19.2 Å². The maximum Gasteiger partial charge on any atom is 0.482 e. The Kier molecular flexibility index (Phi) is 9.52. The fraction of sp³-hybridized carbons (Fsp3) is 0.588. The van der Waals surface area contributed by atoms with Crippen molar-refractivity contribution in [2.75, 3.05) is 21.3 Å². The van der Waals surface area contributed by atoms with Crippen LogP contribution in [0.25, 0.3) is 0 Å². The number of carbonyl (C=O) groups excluding carboxylic acids is 2. The molecule has 3 saturated carbocycles. The van der Waals surface area contributed by atoms with Gasteiger partial charge >= 0.3 is 13.1 Å². The summed E-state index contributed by atoms with van der Waals surface area (Å²) in [6, 6.07) is 1.57. The zero-order chi connectivity index (χ0) is 35.5. The Labute approximate surface area is 279 Å². The van der Waals surface area contributed by atoms with E-state index >= 15 is 13.2 Å². The van der Waals surface area contributed by atoms with Crippen molar-refractivity contribution in [3.8, 4) is 17.2 Å². The Hall–Kier alpha value is -3.49. The van der Waals surface area contributed by atoms with E-state index in [1.807, 2.05) is 6.92 Å². The first-order valence-corrected chi connectivity index (χ1v) is 16.0. The van der Waals surface area contributed by atoms with Gasteiger partial charge in [0, 0.05) is 6.07 Å². The molecule has 0 spiro atoms. The molecule has 48 heavy (non-hydrogen) atoms. The Morgan fingerprint density at radius 1 is 1.04 bits per heavy atom. The lowest BCUT2D eigenvalue weighted by atomic mass is 9.43. The van der Waals surface area contributed by atoms with E-state index in [1.54, 1.807) is 20.8 Å². The molecule has 10 nitrogen and oxygen atoms in total. The predicted octanol–water partition coefficient (Wildman–Crippen LogP) is 5.08. The number of ether oxygens (including phenoxy) is 4. The maximum atomic E-state index is 15.5. The van der Waals surface area contributed by atoms with E-state index in [1.165, 1.54) is 27.4 Å². The van der Waals surface area contributed by atoms with Gasteiger partial charge in [-0.25, -0.2) is 18.0 Å². The standard InChI is InChI=1S/C34H44BF3N2O8/c1-32(2,3)46-31(42)25-18(36)11-10-16(28(25)44-8)12-23(35-47-22-14-17-13-21(33(17,4)5)34(22,6)48-35)40-30(41)27(39)24-19(37)15-20(43-7)29(45-9)26(24)38/h10-11,15,17,21-23,27H,12-14,39H2,1-9H3,(H,40,41)/t17-,21-,22+,23?,27?,34-/m0/s1. The van der Waals surface area contributed by atoms with Crippen molar-refractivity contribution >= 4 is 19.0 Å². The van der Waals surface area contributed by atoms with Crippen molar-refractivity contribution in [3.05, 3.63) is 52.3 Å². The summed E-state index contributed by atoms with van der Waals surface area (Å²) in [5.74, 6) is -6.18.